The molecule has 106 valence electrons. The number of fused-ring (bicyclic) bond motifs is 3. The average Bonchev–Trinajstić information content (AvgIpc) is 3.07. The summed E-state index contributed by atoms with van der Waals surface area (Å²) in [5.74, 6) is 2.83. The third kappa shape index (κ3) is 1.77. The smallest absolute Gasteiger partial charge is 0.231 e. The molecule has 2 aromatic rings. The van der Waals surface area contributed by atoms with E-state index in [0.717, 1.165) is 33.2 Å². The van der Waals surface area contributed by atoms with Crippen molar-refractivity contribution >= 4 is 22.5 Å². The lowest BCUT2D eigenvalue weighted by atomic mass is 9.93. The zero-order chi connectivity index (χ0) is 14.6. The summed E-state index contributed by atoms with van der Waals surface area (Å²) >= 11 is 1.62. The number of thiazole rings is 1. The number of hydrogen-bond acceptors (Lipinski definition) is 5. The van der Waals surface area contributed by atoms with Crippen LogP contribution in [0.2, 0.25) is 0 Å². The molecule has 0 N–H and O–H groups in total. The third-order valence-corrected chi connectivity index (χ3v) is 4.38. The van der Waals surface area contributed by atoms with Crippen LogP contribution in [0.15, 0.2) is 29.9 Å². The molecule has 4 rings (SSSR count). The molecule has 0 atom stereocenters. The van der Waals surface area contributed by atoms with Gasteiger partial charge < -0.3 is 14.2 Å². The monoisotopic (exact) mass is 299 g/mol. The van der Waals surface area contributed by atoms with E-state index in [2.05, 4.69) is 11.6 Å². The minimum atomic E-state index is 0.225. The molecule has 3 heterocycles. The van der Waals surface area contributed by atoms with Crippen molar-refractivity contribution in [3.8, 4) is 17.2 Å². The maximum Gasteiger partial charge on any atom is 0.231 e. The van der Waals surface area contributed by atoms with E-state index in [1.807, 2.05) is 31.4 Å². The maximum absolute atomic E-state index is 6.00. The van der Waals surface area contributed by atoms with Crippen molar-refractivity contribution in [2.24, 2.45) is 0 Å². The van der Waals surface area contributed by atoms with Crippen molar-refractivity contribution < 1.29 is 14.2 Å². The minimum absolute atomic E-state index is 0.225. The van der Waals surface area contributed by atoms with Crippen LogP contribution in [0.25, 0.3) is 11.1 Å². The summed E-state index contributed by atoms with van der Waals surface area (Å²) in [6.45, 7) is 8.37. The number of aromatic nitrogens is 1. The molecular weight excluding hydrogens is 286 g/mol. The molecule has 2 aliphatic rings. The maximum atomic E-state index is 6.00. The normalized spacial score (nSPS) is 16.0. The van der Waals surface area contributed by atoms with Crippen molar-refractivity contribution in [1.82, 2.24) is 4.98 Å². The molecule has 0 amide bonds. The van der Waals surface area contributed by atoms with Crippen molar-refractivity contribution in [3.63, 3.8) is 0 Å². The first-order valence-corrected chi connectivity index (χ1v) is 7.46. The first kappa shape index (κ1) is 12.5. The Bertz CT molecular complexity index is 804. The Hall–Kier alpha value is -2.27. The summed E-state index contributed by atoms with van der Waals surface area (Å²) in [7, 11) is 0. The highest BCUT2D eigenvalue weighted by Crippen LogP contribution is 2.51. The van der Waals surface area contributed by atoms with Crippen LogP contribution in [0.5, 0.6) is 17.2 Å². The molecule has 2 aliphatic heterocycles. The fourth-order valence-electron chi connectivity index (χ4n) is 2.65. The van der Waals surface area contributed by atoms with E-state index in [-0.39, 0.29) is 6.79 Å². The Kier molecular flexibility index (Phi) is 2.59. The highest BCUT2D eigenvalue weighted by atomic mass is 32.1. The molecule has 4 nitrogen and oxygen atoms in total. The summed E-state index contributed by atoms with van der Waals surface area (Å²) in [5, 5.41) is 3.05. The van der Waals surface area contributed by atoms with Gasteiger partial charge in [0.2, 0.25) is 12.5 Å². The number of hydrogen-bond donors (Lipinski definition) is 0. The van der Waals surface area contributed by atoms with Gasteiger partial charge in [-0.2, -0.15) is 0 Å². The first-order chi connectivity index (χ1) is 10.1. The van der Waals surface area contributed by atoms with Crippen LogP contribution in [0.1, 0.15) is 23.2 Å². The van der Waals surface area contributed by atoms with Crippen LogP contribution < -0.4 is 14.2 Å². The second kappa shape index (κ2) is 4.36. The Balaban J connectivity index is 1.87. The highest BCUT2D eigenvalue weighted by molar-refractivity contribution is 7.09. The molecule has 0 unspecified atom stereocenters. The van der Waals surface area contributed by atoms with Crippen LogP contribution in [0, 0.1) is 6.92 Å². The largest absolute Gasteiger partial charge is 0.457 e. The molecule has 1 aromatic carbocycles. The van der Waals surface area contributed by atoms with E-state index in [0.29, 0.717) is 17.2 Å². The molecule has 0 radical (unpaired) electrons. The zero-order valence-corrected chi connectivity index (χ0v) is 12.5. The van der Waals surface area contributed by atoms with Gasteiger partial charge in [-0.1, -0.05) is 6.58 Å². The standard InChI is InChI=1S/C16H13NO3S/c1-8-11-4-5-13-16(19-7-18-13)15(11)20-9(2)14(8)12-6-21-10(3)17-12/h4-6H,1,7H2,2-3H3. The van der Waals surface area contributed by atoms with E-state index in [4.69, 9.17) is 14.2 Å². The van der Waals surface area contributed by atoms with Crippen LogP contribution in [0.3, 0.4) is 0 Å². The van der Waals surface area contributed by atoms with Gasteiger partial charge in [-0.3, -0.25) is 0 Å². The second-order valence-electron chi connectivity index (χ2n) is 4.94. The Morgan fingerprint density at radius 1 is 1.19 bits per heavy atom. The number of allylic oxidation sites excluding steroid dienone is 3. The average molecular weight is 299 g/mol. The first-order valence-electron chi connectivity index (χ1n) is 6.58. The lowest BCUT2D eigenvalue weighted by molar-refractivity contribution is 0.171. The van der Waals surface area contributed by atoms with Gasteiger partial charge in [0.05, 0.1) is 10.7 Å². The topological polar surface area (TPSA) is 40.6 Å². The molecule has 0 bridgehead atoms. The van der Waals surface area contributed by atoms with Crippen molar-refractivity contribution in [3.05, 3.63) is 46.1 Å². The summed E-state index contributed by atoms with van der Waals surface area (Å²) in [5.41, 5.74) is 3.68. The molecule has 1 aromatic heterocycles. The van der Waals surface area contributed by atoms with Gasteiger partial charge in [0, 0.05) is 16.5 Å². The fraction of sp³-hybridized carbons (Fsp3) is 0.188. The van der Waals surface area contributed by atoms with Crippen molar-refractivity contribution in [2.75, 3.05) is 6.79 Å². The van der Waals surface area contributed by atoms with E-state index >= 15 is 0 Å². The molecule has 0 saturated heterocycles. The van der Waals surface area contributed by atoms with Gasteiger partial charge >= 0.3 is 0 Å². The molecule has 21 heavy (non-hydrogen) atoms. The molecule has 0 aliphatic carbocycles. The summed E-state index contributed by atoms with van der Waals surface area (Å²) in [6.07, 6.45) is 0. The second-order valence-corrected chi connectivity index (χ2v) is 6.00. The predicted molar refractivity (Wildman–Crippen MR) is 81.7 cm³/mol. The third-order valence-electron chi connectivity index (χ3n) is 3.60. The molecule has 0 saturated carbocycles. The Labute approximate surface area is 126 Å². The number of ether oxygens (including phenoxy) is 3. The SMILES string of the molecule is C=C1C(c2csc(C)n2)=C(C)Oc2c1ccc1c2OCO1. The lowest BCUT2D eigenvalue weighted by Gasteiger charge is -2.23. The number of rotatable bonds is 1. The highest BCUT2D eigenvalue weighted by Gasteiger charge is 2.30. The van der Waals surface area contributed by atoms with Crippen LogP contribution in [-0.4, -0.2) is 11.8 Å². The van der Waals surface area contributed by atoms with Crippen LogP contribution in [-0.2, 0) is 0 Å². The van der Waals surface area contributed by atoms with Gasteiger partial charge in [0.15, 0.2) is 11.5 Å². The van der Waals surface area contributed by atoms with Gasteiger partial charge in [0.1, 0.15) is 5.76 Å². The van der Waals surface area contributed by atoms with Crippen LogP contribution >= 0.6 is 11.3 Å². The number of aryl methyl sites for hydroxylation is 1. The van der Waals surface area contributed by atoms with Gasteiger partial charge in [-0.05, 0) is 31.6 Å². The van der Waals surface area contributed by atoms with E-state index < -0.39 is 0 Å². The Morgan fingerprint density at radius 3 is 2.81 bits per heavy atom. The molecule has 0 spiro atoms. The molecule has 0 fully saturated rings. The Morgan fingerprint density at radius 2 is 2.05 bits per heavy atom. The van der Waals surface area contributed by atoms with Crippen LogP contribution in [0.4, 0.5) is 0 Å². The quantitative estimate of drug-likeness (QED) is 0.797. The van der Waals surface area contributed by atoms with E-state index in [1.54, 1.807) is 11.3 Å². The van der Waals surface area contributed by atoms with Gasteiger partial charge in [-0.25, -0.2) is 4.98 Å². The summed E-state index contributed by atoms with van der Waals surface area (Å²) in [4.78, 5) is 4.54. The molecule has 5 heteroatoms. The summed E-state index contributed by atoms with van der Waals surface area (Å²) < 4.78 is 16.9. The van der Waals surface area contributed by atoms with Gasteiger partial charge in [0.25, 0.3) is 0 Å². The van der Waals surface area contributed by atoms with E-state index in [9.17, 15) is 0 Å². The lowest BCUT2D eigenvalue weighted by Crippen LogP contribution is -2.07. The van der Waals surface area contributed by atoms with Gasteiger partial charge in [-0.15, -0.1) is 11.3 Å². The van der Waals surface area contributed by atoms with Crippen molar-refractivity contribution in [2.45, 2.75) is 13.8 Å². The zero-order valence-electron chi connectivity index (χ0n) is 11.7. The predicted octanol–water partition coefficient (Wildman–Crippen LogP) is 4.02. The van der Waals surface area contributed by atoms with E-state index in [1.165, 1.54) is 0 Å². The van der Waals surface area contributed by atoms with Crippen molar-refractivity contribution in [1.29, 1.82) is 0 Å². The minimum Gasteiger partial charge on any atom is -0.457 e. The number of benzene rings is 1. The molecular formula is C16H13NO3S. The fourth-order valence-corrected chi connectivity index (χ4v) is 3.25. The summed E-state index contributed by atoms with van der Waals surface area (Å²) in [6, 6.07) is 3.84. The number of nitrogens with zero attached hydrogens (tertiary/aromatic N) is 1.